The normalized spacial score (nSPS) is 31.1. The summed E-state index contributed by atoms with van der Waals surface area (Å²) in [5.74, 6) is -0.876. The Morgan fingerprint density at radius 3 is 2.89 bits per heavy atom. The van der Waals surface area contributed by atoms with Crippen LogP contribution in [0.4, 0.5) is 0 Å². The van der Waals surface area contributed by atoms with Gasteiger partial charge in [0.05, 0.1) is 12.3 Å². The first-order valence-electron chi connectivity index (χ1n) is 6.45. The lowest BCUT2D eigenvalue weighted by atomic mass is 9.97. The van der Waals surface area contributed by atoms with Crippen LogP contribution in [-0.2, 0) is 19.1 Å². The number of hydrogen-bond donors (Lipinski definition) is 0. The summed E-state index contributed by atoms with van der Waals surface area (Å²) in [6.07, 6.45) is 10.4. The molecule has 3 atom stereocenters. The second-order valence-electron chi connectivity index (χ2n) is 4.64. The van der Waals surface area contributed by atoms with Gasteiger partial charge < -0.3 is 9.47 Å². The molecule has 0 aromatic heterocycles. The van der Waals surface area contributed by atoms with E-state index >= 15 is 0 Å². The van der Waals surface area contributed by atoms with Gasteiger partial charge in [0.2, 0.25) is 6.10 Å². The minimum atomic E-state index is -0.684. The molecular formula is C14H18O4. The van der Waals surface area contributed by atoms with E-state index in [2.05, 4.69) is 13.0 Å². The molecule has 4 heteroatoms. The van der Waals surface area contributed by atoms with Gasteiger partial charge in [0.25, 0.3) is 0 Å². The first-order valence-corrected chi connectivity index (χ1v) is 6.45. The van der Waals surface area contributed by atoms with Gasteiger partial charge in [-0.1, -0.05) is 38.0 Å². The Morgan fingerprint density at radius 2 is 2.11 bits per heavy atom. The van der Waals surface area contributed by atoms with Crippen LogP contribution < -0.4 is 0 Å². The van der Waals surface area contributed by atoms with Crippen LogP contribution in [0.15, 0.2) is 24.3 Å². The van der Waals surface area contributed by atoms with Crippen molar-refractivity contribution in [2.45, 2.75) is 44.8 Å². The summed E-state index contributed by atoms with van der Waals surface area (Å²) in [4.78, 5) is 22.6. The van der Waals surface area contributed by atoms with Gasteiger partial charge in [0, 0.05) is 0 Å². The third-order valence-electron chi connectivity index (χ3n) is 3.23. The number of fused-ring (bicyclic) bond motifs is 1. The van der Waals surface area contributed by atoms with E-state index in [1.54, 1.807) is 0 Å². The van der Waals surface area contributed by atoms with Gasteiger partial charge in [-0.3, -0.25) is 4.79 Å². The molecule has 0 radical (unpaired) electrons. The number of hydrogen-bond acceptors (Lipinski definition) is 4. The zero-order valence-electron chi connectivity index (χ0n) is 10.5. The van der Waals surface area contributed by atoms with E-state index in [0.717, 1.165) is 6.42 Å². The van der Waals surface area contributed by atoms with Crippen LogP contribution in [0.1, 0.15) is 32.6 Å². The first-order chi connectivity index (χ1) is 8.72. The molecule has 2 aliphatic rings. The summed E-state index contributed by atoms with van der Waals surface area (Å²) in [5, 5.41) is 0. The SMILES string of the molecule is CCCC/C=C/C=C\[C@@H]1OC(=O)[C@@H]2OC(=O)C[C@H]12. The number of ether oxygens (including phenoxy) is 2. The van der Waals surface area contributed by atoms with Crippen LogP contribution in [-0.4, -0.2) is 24.1 Å². The van der Waals surface area contributed by atoms with Crippen molar-refractivity contribution in [3.05, 3.63) is 24.3 Å². The molecule has 98 valence electrons. The molecule has 2 rings (SSSR count). The third kappa shape index (κ3) is 2.81. The van der Waals surface area contributed by atoms with Crippen molar-refractivity contribution in [1.82, 2.24) is 0 Å². The fourth-order valence-electron chi connectivity index (χ4n) is 2.23. The molecule has 4 nitrogen and oxygen atoms in total. The molecule has 2 aliphatic heterocycles. The van der Waals surface area contributed by atoms with Crippen molar-refractivity contribution in [2.75, 3.05) is 0 Å². The molecule has 2 saturated heterocycles. The number of cyclic esters (lactones) is 1. The molecule has 0 aliphatic carbocycles. The van der Waals surface area contributed by atoms with Gasteiger partial charge in [-0.15, -0.1) is 0 Å². The fraction of sp³-hybridized carbons (Fsp3) is 0.571. The van der Waals surface area contributed by atoms with Gasteiger partial charge in [-0.05, 0) is 12.5 Å². The van der Waals surface area contributed by atoms with Crippen LogP contribution >= 0.6 is 0 Å². The van der Waals surface area contributed by atoms with E-state index in [0.29, 0.717) is 0 Å². The molecule has 0 amide bonds. The number of carbonyl (C=O) groups is 2. The maximum Gasteiger partial charge on any atom is 0.348 e. The van der Waals surface area contributed by atoms with Crippen molar-refractivity contribution < 1.29 is 19.1 Å². The zero-order valence-corrected chi connectivity index (χ0v) is 10.5. The molecule has 18 heavy (non-hydrogen) atoms. The molecular weight excluding hydrogens is 232 g/mol. The second-order valence-corrected chi connectivity index (χ2v) is 4.64. The van der Waals surface area contributed by atoms with Crippen molar-refractivity contribution in [1.29, 1.82) is 0 Å². The summed E-state index contributed by atoms with van der Waals surface area (Å²) in [6.45, 7) is 2.15. The van der Waals surface area contributed by atoms with Crippen LogP contribution in [0.3, 0.4) is 0 Å². The highest BCUT2D eigenvalue weighted by atomic mass is 16.6. The van der Waals surface area contributed by atoms with E-state index in [1.165, 1.54) is 12.8 Å². The predicted molar refractivity (Wildman–Crippen MR) is 65.7 cm³/mol. The topological polar surface area (TPSA) is 52.6 Å². The lowest BCUT2D eigenvalue weighted by molar-refractivity contribution is -0.157. The van der Waals surface area contributed by atoms with Crippen molar-refractivity contribution in [3.63, 3.8) is 0 Å². The van der Waals surface area contributed by atoms with Crippen molar-refractivity contribution in [2.24, 2.45) is 5.92 Å². The molecule has 2 fully saturated rings. The van der Waals surface area contributed by atoms with Gasteiger partial charge in [-0.2, -0.15) is 0 Å². The first kappa shape index (κ1) is 12.9. The zero-order chi connectivity index (χ0) is 13.0. The van der Waals surface area contributed by atoms with E-state index in [-0.39, 0.29) is 24.4 Å². The minimum absolute atomic E-state index is 0.148. The molecule has 2 heterocycles. The van der Waals surface area contributed by atoms with Gasteiger partial charge in [0.1, 0.15) is 6.10 Å². The average molecular weight is 250 g/mol. The summed E-state index contributed by atoms with van der Waals surface area (Å²) in [7, 11) is 0. The van der Waals surface area contributed by atoms with Crippen LogP contribution in [0.25, 0.3) is 0 Å². The lowest BCUT2D eigenvalue weighted by Gasteiger charge is -2.07. The smallest absolute Gasteiger partial charge is 0.348 e. The number of unbranched alkanes of at least 4 members (excludes halogenated alkanes) is 2. The maximum atomic E-state index is 11.4. The number of rotatable bonds is 5. The van der Waals surface area contributed by atoms with E-state index in [4.69, 9.17) is 9.47 Å². The Kier molecular flexibility index (Phi) is 4.18. The van der Waals surface area contributed by atoms with Crippen molar-refractivity contribution in [3.8, 4) is 0 Å². The fourth-order valence-corrected chi connectivity index (χ4v) is 2.23. The van der Waals surface area contributed by atoms with Crippen LogP contribution in [0.2, 0.25) is 0 Å². The highest BCUT2D eigenvalue weighted by Crippen LogP contribution is 2.34. The van der Waals surface area contributed by atoms with E-state index < -0.39 is 12.1 Å². The van der Waals surface area contributed by atoms with Crippen LogP contribution in [0, 0.1) is 5.92 Å². The van der Waals surface area contributed by atoms with Crippen molar-refractivity contribution >= 4 is 11.9 Å². The highest BCUT2D eigenvalue weighted by Gasteiger charge is 2.51. The number of carbonyl (C=O) groups excluding carboxylic acids is 2. The van der Waals surface area contributed by atoms with Gasteiger partial charge in [0.15, 0.2) is 0 Å². The van der Waals surface area contributed by atoms with Gasteiger partial charge >= 0.3 is 11.9 Å². The molecule has 0 N–H and O–H groups in total. The molecule has 0 spiro atoms. The minimum Gasteiger partial charge on any atom is -0.455 e. The highest BCUT2D eigenvalue weighted by molar-refractivity contribution is 5.86. The molecule has 0 aromatic rings. The summed E-state index contributed by atoms with van der Waals surface area (Å²) >= 11 is 0. The molecule has 0 saturated carbocycles. The lowest BCUT2D eigenvalue weighted by Crippen LogP contribution is -2.19. The Hall–Kier alpha value is -1.58. The Morgan fingerprint density at radius 1 is 1.28 bits per heavy atom. The second kappa shape index (κ2) is 5.85. The molecule has 0 aromatic carbocycles. The Balaban J connectivity index is 1.86. The summed E-state index contributed by atoms with van der Waals surface area (Å²) < 4.78 is 10.1. The Labute approximate surface area is 107 Å². The predicted octanol–water partition coefficient (Wildman–Crippen LogP) is 2.15. The van der Waals surface area contributed by atoms with E-state index in [1.807, 2.05) is 18.2 Å². The maximum absolute atomic E-state index is 11.4. The number of allylic oxidation sites excluding steroid dienone is 3. The summed E-state index contributed by atoms with van der Waals surface area (Å²) in [6, 6.07) is 0. The Bertz CT molecular complexity index is 383. The third-order valence-corrected chi connectivity index (χ3v) is 3.23. The quantitative estimate of drug-likeness (QED) is 0.426. The molecule has 0 unspecified atom stereocenters. The van der Waals surface area contributed by atoms with Gasteiger partial charge in [-0.25, -0.2) is 4.79 Å². The number of esters is 2. The van der Waals surface area contributed by atoms with Crippen LogP contribution in [0.5, 0.6) is 0 Å². The monoisotopic (exact) mass is 250 g/mol. The average Bonchev–Trinajstić information content (AvgIpc) is 2.85. The largest absolute Gasteiger partial charge is 0.455 e. The molecule has 0 bridgehead atoms. The van der Waals surface area contributed by atoms with E-state index in [9.17, 15) is 9.59 Å². The summed E-state index contributed by atoms with van der Waals surface area (Å²) in [5.41, 5.74) is 0. The standard InChI is InChI=1S/C14H18O4/c1-2-3-4-5-6-7-8-11-10-9-12(15)18-13(10)14(16)17-11/h5-8,10-11,13H,2-4,9H2,1H3/b6-5+,8-7-/t10-,11+,13-/m1/s1.